The van der Waals surface area contributed by atoms with Crippen LogP contribution in [0.25, 0.3) is 0 Å². The summed E-state index contributed by atoms with van der Waals surface area (Å²) in [5, 5.41) is 8.31. The number of rotatable bonds is 9. The van der Waals surface area contributed by atoms with E-state index < -0.39 is 0 Å². The Morgan fingerprint density at radius 1 is 1.14 bits per heavy atom. The maximum atomic E-state index is 8.31. The van der Waals surface area contributed by atoms with Crippen molar-refractivity contribution in [2.75, 3.05) is 6.54 Å². The molecule has 0 aliphatic carbocycles. The van der Waals surface area contributed by atoms with Crippen LogP contribution < -0.4 is 0 Å². The van der Waals surface area contributed by atoms with Crippen LogP contribution in [0.1, 0.15) is 58.3 Å². The third-order valence-electron chi connectivity index (χ3n) is 2.14. The van der Waals surface area contributed by atoms with Crippen molar-refractivity contribution in [1.82, 2.24) is 0 Å². The van der Waals surface area contributed by atoms with Gasteiger partial charge in [0, 0.05) is 13.0 Å². The Morgan fingerprint density at radius 2 is 2.00 bits per heavy atom. The molecule has 0 atom stereocenters. The van der Waals surface area contributed by atoms with Crippen LogP contribution in [-0.4, -0.2) is 12.8 Å². The lowest BCUT2D eigenvalue weighted by Crippen LogP contribution is -1.84. The SMILES string of the molecule is CCCCCCN=CCCCCC#N. The molecule has 0 radical (unpaired) electrons. The van der Waals surface area contributed by atoms with E-state index in [2.05, 4.69) is 18.0 Å². The average Bonchev–Trinajstić information content (AvgIpc) is 2.21. The molecule has 2 heteroatoms. The van der Waals surface area contributed by atoms with Crippen molar-refractivity contribution in [2.24, 2.45) is 4.99 Å². The Bertz CT molecular complexity index is 168. The summed E-state index contributed by atoms with van der Waals surface area (Å²) in [6.45, 7) is 3.21. The van der Waals surface area contributed by atoms with Gasteiger partial charge in [-0.2, -0.15) is 5.26 Å². The second-order valence-corrected chi connectivity index (χ2v) is 3.55. The Labute approximate surface area is 88.0 Å². The summed E-state index contributed by atoms with van der Waals surface area (Å²) in [6.07, 6.45) is 11.0. The number of nitrogens with zero attached hydrogens (tertiary/aromatic N) is 2. The van der Waals surface area contributed by atoms with Gasteiger partial charge in [0.2, 0.25) is 0 Å². The molecule has 0 bridgehead atoms. The molecule has 14 heavy (non-hydrogen) atoms. The minimum Gasteiger partial charge on any atom is -0.298 e. The maximum absolute atomic E-state index is 8.31. The molecule has 0 N–H and O–H groups in total. The van der Waals surface area contributed by atoms with E-state index in [0.717, 1.165) is 25.8 Å². The van der Waals surface area contributed by atoms with Gasteiger partial charge in [-0.25, -0.2) is 0 Å². The average molecular weight is 194 g/mol. The van der Waals surface area contributed by atoms with E-state index in [1.54, 1.807) is 0 Å². The molecule has 0 amide bonds. The summed E-state index contributed by atoms with van der Waals surface area (Å²) in [5.74, 6) is 0. The zero-order chi connectivity index (χ0) is 10.5. The molecule has 0 saturated heterocycles. The quantitative estimate of drug-likeness (QED) is 0.407. The first-order chi connectivity index (χ1) is 6.91. The van der Waals surface area contributed by atoms with Crippen LogP contribution in [0, 0.1) is 11.3 Å². The Balaban J connectivity index is 3.01. The fourth-order valence-corrected chi connectivity index (χ4v) is 1.25. The molecule has 0 fully saturated rings. The molecule has 0 saturated carbocycles. The normalized spacial score (nSPS) is 10.6. The second kappa shape index (κ2) is 12.2. The lowest BCUT2D eigenvalue weighted by atomic mass is 10.2. The predicted octanol–water partition coefficient (Wildman–Crippen LogP) is 3.72. The number of nitriles is 1. The largest absolute Gasteiger partial charge is 0.298 e. The summed E-state index contributed by atoms with van der Waals surface area (Å²) in [7, 11) is 0. The van der Waals surface area contributed by atoms with Gasteiger partial charge in [-0.1, -0.05) is 26.2 Å². The summed E-state index contributed by atoms with van der Waals surface area (Å²) >= 11 is 0. The molecule has 0 aromatic heterocycles. The summed E-state index contributed by atoms with van der Waals surface area (Å²) in [6, 6.07) is 2.15. The number of aliphatic imine (C=N–C) groups is 1. The van der Waals surface area contributed by atoms with Gasteiger partial charge in [-0.3, -0.25) is 4.99 Å². The standard InChI is InChI=1S/C12H22N2/c1-2-3-4-8-11-14-12-9-6-5-7-10-13/h12H,2-9,11H2,1H3. The minimum absolute atomic E-state index is 0.685. The van der Waals surface area contributed by atoms with Crippen LogP contribution in [0.4, 0.5) is 0 Å². The van der Waals surface area contributed by atoms with Crippen molar-refractivity contribution >= 4 is 6.21 Å². The highest BCUT2D eigenvalue weighted by Gasteiger charge is 1.86. The maximum Gasteiger partial charge on any atom is 0.0621 e. The van der Waals surface area contributed by atoms with Gasteiger partial charge >= 0.3 is 0 Å². The lowest BCUT2D eigenvalue weighted by Gasteiger charge is -1.94. The topological polar surface area (TPSA) is 36.1 Å². The van der Waals surface area contributed by atoms with Crippen molar-refractivity contribution in [1.29, 1.82) is 5.26 Å². The summed E-state index contributed by atoms with van der Waals surface area (Å²) < 4.78 is 0. The molecule has 0 spiro atoms. The van der Waals surface area contributed by atoms with Crippen molar-refractivity contribution in [3.05, 3.63) is 0 Å². The first-order valence-corrected chi connectivity index (χ1v) is 5.77. The van der Waals surface area contributed by atoms with E-state index in [4.69, 9.17) is 5.26 Å². The van der Waals surface area contributed by atoms with Crippen molar-refractivity contribution in [3.63, 3.8) is 0 Å². The van der Waals surface area contributed by atoms with Gasteiger partial charge in [0.15, 0.2) is 0 Å². The highest BCUT2D eigenvalue weighted by atomic mass is 14.7. The van der Waals surface area contributed by atoms with Crippen LogP contribution in [0.5, 0.6) is 0 Å². The zero-order valence-electron chi connectivity index (χ0n) is 9.34. The predicted molar refractivity (Wildman–Crippen MR) is 61.6 cm³/mol. The van der Waals surface area contributed by atoms with Gasteiger partial charge in [-0.15, -0.1) is 0 Å². The molecule has 0 rings (SSSR count). The molecule has 0 unspecified atom stereocenters. The fourth-order valence-electron chi connectivity index (χ4n) is 1.25. The first-order valence-electron chi connectivity index (χ1n) is 5.77. The van der Waals surface area contributed by atoms with Crippen LogP contribution in [0.15, 0.2) is 4.99 Å². The Kier molecular flexibility index (Phi) is 11.4. The van der Waals surface area contributed by atoms with Gasteiger partial charge in [0.1, 0.15) is 0 Å². The number of hydrogen-bond acceptors (Lipinski definition) is 2. The number of hydrogen-bond donors (Lipinski definition) is 0. The van der Waals surface area contributed by atoms with Gasteiger partial charge in [0.05, 0.1) is 6.07 Å². The molecular formula is C12H22N2. The second-order valence-electron chi connectivity index (χ2n) is 3.55. The molecule has 0 aliphatic rings. The monoisotopic (exact) mass is 194 g/mol. The molecule has 2 nitrogen and oxygen atoms in total. The van der Waals surface area contributed by atoms with Crippen molar-refractivity contribution in [3.8, 4) is 6.07 Å². The van der Waals surface area contributed by atoms with Crippen LogP contribution in [-0.2, 0) is 0 Å². The van der Waals surface area contributed by atoms with Crippen molar-refractivity contribution in [2.45, 2.75) is 58.3 Å². The molecule has 0 aromatic carbocycles. The smallest absolute Gasteiger partial charge is 0.0621 e. The molecule has 0 aromatic rings. The van der Waals surface area contributed by atoms with E-state index in [9.17, 15) is 0 Å². The summed E-state index contributed by atoms with van der Waals surface area (Å²) in [5.41, 5.74) is 0. The molecule has 0 heterocycles. The van der Waals surface area contributed by atoms with E-state index in [-0.39, 0.29) is 0 Å². The number of unbranched alkanes of at least 4 members (excludes halogenated alkanes) is 6. The molecule has 80 valence electrons. The van der Waals surface area contributed by atoms with Crippen LogP contribution in [0.3, 0.4) is 0 Å². The summed E-state index contributed by atoms with van der Waals surface area (Å²) in [4.78, 5) is 4.33. The van der Waals surface area contributed by atoms with E-state index >= 15 is 0 Å². The van der Waals surface area contributed by atoms with Gasteiger partial charge < -0.3 is 0 Å². The Hall–Kier alpha value is -0.840. The van der Waals surface area contributed by atoms with Gasteiger partial charge in [0.25, 0.3) is 0 Å². The highest BCUT2D eigenvalue weighted by molar-refractivity contribution is 5.56. The van der Waals surface area contributed by atoms with E-state index in [0.29, 0.717) is 6.42 Å². The van der Waals surface area contributed by atoms with E-state index in [1.807, 2.05) is 6.21 Å². The van der Waals surface area contributed by atoms with Gasteiger partial charge in [-0.05, 0) is 31.9 Å². The molecule has 0 aliphatic heterocycles. The third kappa shape index (κ3) is 11.2. The van der Waals surface area contributed by atoms with Crippen LogP contribution in [0.2, 0.25) is 0 Å². The van der Waals surface area contributed by atoms with Crippen molar-refractivity contribution < 1.29 is 0 Å². The minimum atomic E-state index is 0.685. The lowest BCUT2D eigenvalue weighted by molar-refractivity contribution is 0.674. The Morgan fingerprint density at radius 3 is 2.71 bits per heavy atom. The van der Waals surface area contributed by atoms with E-state index in [1.165, 1.54) is 25.7 Å². The first kappa shape index (κ1) is 13.2. The zero-order valence-corrected chi connectivity index (χ0v) is 9.34. The van der Waals surface area contributed by atoms with Crippen LogP contribution >= 0.6 is 0 Å². The molecular weight excluding hydrogens is 172 g/mol. The highest BCUT2D eigenvalue weighted by Crippen LogP contribution is 1.99. The fraction of sp³-hybridized carbons (Fsp3) is 0.833. The third-order valence-corrected chi connectivity index (χ3v) is 2.14.